The van der Waals surface area contributed by atoms with Gasteiger partial charge in [0.05, 0.1) is 6.61 Å². The first kappa shape index (κ1) is 17.5. The van der Waals surface area contributed by atoms with Crippen molar-refractivity contribution in [3.8, 4) is 0 Å². The first-order chi connectivity index (χ1) is 12.2. The van der Waals surface area contributed by atoms with E-state index in [9.17, 15) is 4.79 Å². The SMILES string of the molecule is CCOCC1CCC2(CCN(C(=O)C3CC=CC3)CC2)N1CC1CC1. The van der Waals surface area contributed by atoms with Crippen molar-refractivity contribution >= 4 is 5.91 Å². The molecule has 25 heavy (non-hydrogen) atoms. The van der Waals surface area contributed by atoms with Crippen molar-refractivity contribution in [3.05, 3.63) is 12.2 Å². The summed E-state index contributed by atoms with van der Waals surface area (Å²) in [6, 6.07) is 0.599. The van der Waals surface area contributed by atoms with Crippen LogP contribution in [0.15, 0.2) is 12.2 Å². The number of carbonyl (C=O) groups excluding carboxylic acids is 1. The molecule has 4 heteroatoms. The average Bonchev–Trinajstić information content (AvgIpc) is 3.17. The van der Waals surface area contributed by atoms with E-state index in [1.807, 2.05) is 0 Å². The van der Waals surface area contributed by atoms with Gasteiger partial charge in [0, 0.05) is 43.7 Å². The second kappa shape index (κ2) is 7.40. The Kier molecular flexibility index (Phi) is 5.19. The Balaban J connectivity index is 1.38. The van der Waals surface area contributed by atoms with Crippen LogP contribution in [-0.4, -0.2) is 60.1 Å². The van der Waals surface area contributed by atoms with Crippen LogP contribution in [-0.2, 0) is 9.53 Å². The second-order valence-corrected chi connectivity index (χ2v) is 8.64. The minimum absolute atomic E-state index is 0.228. The molecule has 4 aliphatic rings. The van der Waals surface area contributed by atoms with Crippen LogP contribution in [0.3, 0.4) is 0 Å². The highest BCUT2D eigenvalue weighted by Gasteiger charge is 2.49. The lowest BCUT2D eigenvalue weighted by molar-refractivity contribution is -0.138. The third kappa shape index (κ3) is 3.66. The molecule has 0 aromatic heterocycles. The van der Waals surface area contributed by atoms with E-state index in [1.54, 1.807) is 0 Å². The van der Waals surface area contributed by atoms with Gasteiger partial charge in [0.25, 0.3) is 0 Å². The fourth-order valence-electron chi connectivity index (χ4n) is 5.23. The summed E-state index contributed by atoms with van der Waals surface area (Å²) in [6.07, 6.45) is 13.9. The van der Waals surface area contributed by atoms with Gasteiger partial charge in [0.2, 0.25) is 5.91 Å². The van der Waals surface area contributed by atoms with Gasteiger partial charge in [0.15, 0.2) is 0 Å². The van der Waals surface area contributed by atoms with E-state index < -0.39 is 0 Å². The molecular weight excluding hydrogens is 312 g/mol. The minimum Gasteiger partial charge on any atom is -0.380 e. The molecule has 1 atom stereocenters. The van der Waals surface area contributed by atoms with Crippen LogP contribution in [0.2, 0.25) is 0 Å². The number of hydrogen-bond donors (Lipinski definition) is 0. The van der Waals surface area contributed by atoms with Gasteiger partial charge in [-0.3, -0.25) is 9.69 Å². The monoisotopic (exact) mass is 346 g/mol. The van der Waals surface area contributed by atoms with Crippen LogP contribution in [0, 0.1) is 11.8 Å². The number of carbonyl (C=O) groups is 1. The number of likely N-dealkylation sites (tertiary alicyclic amines) is 2. The summed E-state index contributed by atoms with van der Waals surface area (Å²) in [5.41, 5.74) is 0.342. The number of rotatable bonds is 6. The van der Waals surface area contributed by atoms with Crippen LogP contribution < -0.4 is 0 Å². The van der Waals surface area contributed by atoms with E-state index in [2.05, 4.69) is 28.9 Å². The van der Waals surface area contributed by atoms with Crippen molar-refractivity contribution in [3.63, 3.8) is 0 Å². The largest absolute Gasteiger partial charge is 0.380 e. The van der Waals surface area contributed by atoms with Crippen molar-refractivity contribution in [2.45, 2.75) is 69.9 Å². The number of nitrogens with zero attached hydrogens (tertiary/aromatic N) is 2. The van der Waals surface area contributed by atoms with Crippen molar-refractivity contribution < 1.29 is 9.53 Å². The molecule has 2 aliphatic heterocycles. The topological polar surface area (TPSA) is 32.8 Å². The maximum Gasteiger partial charge on any atom is 0.226 e. The number of ether oxygens (including phenoxy) is 1. The molecule has 0 radical (unpaired) electrons. The van der Waals surface area contributed by atoms with E-state index in [0.29, 0.717) is 17.5 Å². The highest BCUT2D eigenvalue weighted by atomic mass is 16.5. The van der Waals surface area contributed by atoms with Gasteiger partial charge in [-0.15, -0.1) is 0 Å². The first-order valence-electron chi connectivity index (χ1n) is 10.5. The third-order valence-electron chi connectivity index (χ3n) is 7.02. The maximum atomic E-state index is 12.7. The average molecular weight is 347 g/mol. The van der Waals surface area contributed by atoms with E-state index in [-0.39, 0.29) is 5.92 Å². The number of piperidine rings is 1. The summed E-state index contributed by atoms with van der Waals surface area (Å²) in [4.78, 5) is 17.7. The Labute approximate surface area is 152 Å². The number of hydrogen-bond acceptors (Lipinski definition) is 3. The standard InChI is InChI=1S/C21H34N2O2/c1-2-25-16-19-9-10-21(23(19)15-17-7-8-17)11-13-22(14-12-21)20(24)18-5-3-4-6-18/h3-4,17-19H,2,5-16H2,1H3. The van der Waals surface area contributed by atoms with E-state index in [1.165, 1.54) is 32.2 Å². The molecule has 3 fully saturated rings. The zero-order chi connectivity index (χ0) is 17.3. The molecule has 0 aromatic rings. The highest BCUT2D eigenvalue weighted by molar-refractivity contribution is 5.79. The van der Waals surface area contributed by atoms with Crippen molar-refractivity contribution in [1.82, 2.24) is 9.80 Å². The zero-order valence-corrected chi connectivity index (χ0v) is 15.8. The first-order valence-corrected chi connectivity index (χ1v) is 10.5. The molecule has 2 heterocycles. The molecule has 1 saturated carbocycles. The number of amides is 1. The lowest BCUT2D eigenvalue weighted by atomic mass is 9.84. The summed E-state index contributed by atoms with van der Waals surface area (Å²) in [7, 11) is 0. The van der Waals surface area contributed by atoms with Gasteiger partial charge >= 0.3 is 0 Å². The molecule has 0 N–H and O–H groups in total. The fourth-order valence-corrected chi connectivity index (χ4v) is 5.23. The Morgan fingerprint density at radius 1 is 1.12 bits per heavy atom. The van der Waals surface area contributed by atoms with Gasteiger partial charge in [0.1, 0.15) is 0 Å². The lowest BCUT2D eigenvalue weighted by Gasteiger charge is -2.47. The van der Waals surface area contributed by atoms with Crippen molar-refractivity contribution in [2.75, 3.05) is 32.8 Å². The Morgan fingerprint density at radius 2 is 1.84 bits per heavy atom. The fraction of sp³-hybridized carbons (Fsp3) is 0.857. The second-order valence-electron chi connectivity index (χ2n) is 8.64. The molecule has 2 aliphatic carbocycles. The molecule has 0 aromatic carbocycles. The summed E-state index contributed by atoms with van der Waals surface area (Å²) < 4.78 is 5.80. The predicted octanol–water partition coefficient (Wildman–Crippen LogP) is 3.22. The van der Waals surface area contributed by atoms with Crippen molar-refractivity contribution in [1.29, 1.82) is 0 Å². The molecule has 1 unspecified atom stereocenters. The molecule has 4 nitrogen and oxygen atoms in total. The molecule has 1 spiro atoms. The molecule has 1 amide bonds. The quantitative estimate of drug-likeness (QED) is 0.692. The molecule has 140 valence electrons. The number of allylic oxidation sites excluding steroid dienone is 2. The Bertz CT molecular complexity index is 498. The van der Waals surface area contributed by atoms with Gasteiger partial charge in [-0.2, -0.15) is 0 Å². The predicted molar refractivity (Wildman–Crippen MR) is 99.4 cm³/mol. The zero-order valence-electron chi connectivity index (χ0n) is 15.8. The van der Waals surface area contributed by atoms with Crippen LogP contribution in [0.4, 0.5) is 0 Å². The summed E-state index contributed by atoms with van der Waals surface area (Å²) in [5, 5.41) is 0. The van der Waals surface area contributed by atoms with E-state index in [0.717, 1.165) is 57.9 Å². The van der Waals surface area contributed by atoms with Crippen LogP contribution in [0.25, 0.3) is 0 Å². The summed E-state index contributed by atoms with van der Waals surface area (Å²) >= 11 is 0. The van der Waals surface area contributed by atoms with E-state index >= 15 is 0 Å². The molecule has 0 bridgehead atoms. The maximum absolute atomic E-state index is 12.7. The van der Waals surface area contributed by atoms with Crippen LogP contribution in [0.5, 0.6) is 0 Å². The van der Waals surface area contributed by atoms with Gasteiger partial charge in [-0.05, 0) is 64.2 Å². The lowest BCUT2D eigenvalue weighted by Crippen LogP contribution is -2.56. The molecule has 2 saturated heterocycles. The normalized spacial score (nSPS) is 29.8. The minimum atomic E-state index is 0.228. The van der Waals surface area contributed by atoms with E-state index in [4.69, 9.17) is 4.74 Å². The van der Waals surface area contributed by atoms with Gasteiger partial charge in [-0.1, -0.05) is 12.2 Å². The summed E-state index contributed by atoms with van der Waals surface area (Å²) in [5.74, 6) is 1.55. The molecular formula is C21H34N2O2. The summed E-state index contributed by atoms with van der Waals surface area (Å²) in [6.45, 7) is 6.98. The molecule has 4 rings (SSSR count). The van der Waals surface area contributed by atoms with Crippen LogP contribution >= 0.6 is 0 Å². The van der Waals surface area contributed by atoms with Gasteiger partial charge < -0.3 is 9.64 Å². The Hall–Kier alpha value is -0.870. The third-order valence-corrected chi connectivity index (χ3v) is 7.02. The Morgan fingerprint density at radius 3 is 2.48 bits per heavy atom. The van der Waals surface area contributed by atoms with Crippen molar-refractivity contribution in [2.24, 2.45) is 11.8 Å². The van der Waals surface area contributed by atoms with Gasteiger partial charge in [-0.25, -0.2) is 0 Å². The smallest absolute Gasteiger partial charge is 0.226 e. The highest BCUT2D eigenvalue weighted by Crippen LogP contribution is 2.45. The van der Waals surface area contributed by atoms with Crippen LogP contribution in [0.1, 0.15) is 58.3 Å².